The van der Waals surface area contributed by atoms with Crippen molar-refractivity contribution in [1.82, 2.24) is 9.97 Å². The Morgan fingerprint density at radius 1 is 0.773 bits per heavy atom. The Bertz CT molecular complexity index is 568. The van der Waals surface area contributed by atoms with E-state index in [2.05, 4.69) is 22.9 Å². The molecule has 0 saturated carbocycles. The number of imidazole rings is 1. The molecule has 0 aromatic carbocycles. The Kier molecular flexibility index (Phi) is 7.96. The van der Waals surface area contributed by atoms with Crippen LogP contribution in [-0.4, -0.2) is 39.3 Å². The number of hydrogen-bond donors (Lipinski definition) is 7. The van der Waals surface area contributed by atoms with Gasteiger partial charge in [-0.3, -0.25) is 0 Å². The molecule has 0 spiro atoms. The minimum absolute atomic E-state index is 1.62. The lowest BCUT2D eigenvalue weighted by Gasteiger charge is -2.15. The highest BCUT2D eigenvalue weighted by Gasteiger charge is 2.43. The van der Waals surface area contributed by atoms with Crippen LogP contribution >= 0.6 is 31.3 Å². The van der Waals surface area contributed by atoms with Crippen molar-refractivity contribution in [1.29, 1.82) is 0 Å². The van der Waals surface area contributed by atoms with Gasteiger partial charge in [-0.15, -0.1) is 0 Å². The summed E-state index contributed by atoms with van der Waals surface area (Å²) in [5, 5.41) is 0. The van der Waals surface area contributed by atoms with E-state index >= 15 is 0 Å². The SMILES string of the molecule is O=P(O)(O)OP(=O)(O)OP(=O)(O)OP(=O)(O)O.c1c[nH]cn1. The van der Waals surface area contributed by atoms with Crippen molar-refractivity contribution in [3.63, 3.8) is 0 Å². The molecule has 0 aliphatic carbocycles. The van der Waals surface area contributed by atoms with Crippen molar-refractivity contribution in [3.8, 4) is 0 Å². The fourth-order valence-corrected chi connectivity index (χ4v) is 4.61. The van der Waals surface area contributed by atoms with Crippen LogP contribution < -0.4 is 0 Å². The number of rotatable bonds is 6. The fourth-order valence-electron chi connectivity index (χ4n) is 0.644. The molecule has 0 aliphatic heterocycles. The molecule has 0 aliphatic rings. The van der Waals surface area contributed by atoms with Crippen molar-refractivity contribution in [2.75, 3.05) is 0 Å². The monoisotopic (exact) mass is 406 g/mol. The first kappa shape index (κ1) is 21.8. The van der Waals surface area contributed by atoms with Crippen molar-refractivity contribution in [3.05, 3.63) is 18.7 Å². The lowest BCUT2D eigenvalue weighted by molar-refractivity contribution is 0.194. The van der Waals surface area contributed by atoms with Gasteiger partial charge in [-0.2, -0.15) is 12.9 Å². The summed E-state index contributed by atoms with van der Waals surface area (Å²) in [5.74, 6) is 0. The van der Waals surface area contributed by atoms with Crippen LogP contribution in [0.15, 0.2) is 18.7 Å². The first-order valence-corrected chi connectivity index (χ1v) is 10.5. The van der Waals surface area contributed by atoms with Crippen LogP contribution in [0, 0.1) is 0 Å². The maximum absolute atomic E-state index is 10.7. The predicted molar refractivity (Wildman–Crippen MR) is 65.6 cm³/mol. The smallest absolute Gasteiger partial charge is 0.351 e. The summed E-state index contributed by atoms with van der Waals surface area (Å²) in [4.78, 5) is 55.9. The summed E-state index contributed by atoms with van der Waals surface area (Å²) in [6.45, 7) is 0. The van der Waals surface area contributed by atoms with Gasteiger partial charge in [0, 0.05) is 12.4 Å². The van der Waals surface area contributed by atoms with Gasteiger partial charge < -0.3 is 34.3 Å². The van der Waals surface area contributed by atoms with Crippen LogP contribution in [0.1, 0.15) is 0 Å². The molecule has 1 heterocycles. The third kappa shape index (κ3) is 13.4. The van der Waals surface area contributed by atoms with Gasteiger partial charge in [-0.05, 0) is 0 Å². The van der Waals surface area contributed by atoms with Crippen molar-refractivity contribution < 1.29 is 60.6 Å². The normalized spacial score (nSPS) is 17.7. The third-order valence-corrected chi connectivity index (χ3v) is 6.03. The van der Waals surface area contributed by atoms with Gasteiger partial charge in [-0.1, -0.05) is 0 Å². The average Bonchev–Trinajstić information content (AvgIpc) is 2.61. The molecule has 0 saturated heterocycles. The standard InChI is InChI=1S/C3H4N2.H6O13P4/c1-2-5-3-4-1;1-14(2,3)11-16(7,8)13-17(9,10)12-15(4,5)6/h1-3H,(H,4,5);(H,7,8)(H,9,10)(H2,1,2,3)(H2,4,5,6). The van der Waals surface area contributed by atoms with Crippen LogP contribution in [0.2, 0.25) is 0 Å². The summed E-state index contributed by atoms with van der Waals surface area (Å²) < 4.78 is 50.9. The van der Waals surface area contributed by atoms with E-state index in [1.807, 2.05) is 0 Å². The topological polar surface area (TPSA) is 246 Å². The molecule has 1 rings (SSSR count). The van der Waals surface area contributed by atoms with E-state index in [1.165, 1.54) is 0 Å². The van der Waals surface area contributed by atoms with E-state index in [9.17, 15) is 18.3 Å². The molecule has 0 bridgehead atoms. The summed E-state index contributed by atoms with van der Waals surface area (Å²) in [7, 11) is -22.6. The first-order chi connectivity index (χ1) is 9.62. The van der Waals surface area contributed by atoms with E-state index < -0.39 is 31.3 Å². The predicted octanol–water partition coefficient (Wildman–Crippen LogP) is -0.168. The maximum Gasteiger partial charge on any atom is 0.490 e. The number of aromatic nitrogens is 2. The highest BCUT2D eigenvalue weighted by Crippen LogP contribution is 2.69. The third-order valence-electron chi connectivity index (χ3n) is 1.03. The van der Waals surface area contributed by atoms with Crippen LogP contribution in [-0.2, 0) is 31.2 Å². The van der Waals surface area contributed by atoms with Crippen molar-refractivity contribution in [2.45, 2.75) is 0 Å². The molecule has 1 aromatic rings. The second-order valence-corrected chi connectivity index (χ2v) is 8.72. The summed E-state index contributed by atoms with van der Waals surface area (Å²) in [5.41, 5.74) is 0. The Labute approximate surface area is 121 Å². The molecular formula is C3H10N2O13P4. The minimum Gasteiger partial charge on any atom is -0.351 e. The summed E-state index contributed by atoms with van der Waals surface area (Å²) in [6.07, 6.45) is 5.08. The lowest BCUT2D eigenvalue weighted by Crippen LogP contribution is -1.95. The molecule has 7 N–H and O–H groups in total. The van der Waals surface area contributed by atoms with Gasteiger partial charge in [0.2, 0.25) is 0 Å². The Morgan fingerprint density at radius 2 is 1.18 bits per heavy atom. The van der Waals surface area contributed by atoms with Crippen LogP contribution in [0.25, 0.3) is 0 Å². The van der Waals surface area contributed by atoms with Crippen LogP contribution in [0.5, 0.6) is 0 Å². The zero-order chi connectivity index (χ0) is 17.7. The number of H-pyrrole nitrogens is 1. The summed E-state index contributed by atoms with van der Waals surface area (Å²) in [6, 6.07) is 0. The van der Waals surface area contributed by atoms with Gasteiger partial charge in [0.15, 0.2) is 0 Å². The zero-order valence-electron chi connectivity index (χ0n) is 10.0. The minimum atomic E-state index is -5.77. The van der Waals surface area contributed by atoms with E-state index in [-0.39, 0.29) is 0 Å². The highest BCUT2D eigenvalue weighted by atomic mass is 31.3. The van der Waals surface area contributed by atoms with E-state index in [0.29, 0.717) is 0 Å². The molecule has 0 amide bonds. The fraction of sp³-hybridized carbons (Fsp3) is 0. The molecule has 130 valence electrons. The van der Waals surface area contributed by atoms with Gasteiger partial charge in [-0.25, -0.2) is 23.2 Å². The first-order valence-electron chi connectivity index (χ1n) is 4.45. The van der Waals surface area contributed by atoms with Gasteiger partial charge >= 0.3 is 31.3 Å². The average molecular weight is 406 g/mol. The van der Waals surface area contributed by atoms with E-state index in [4.69, 9.17) is 29.4 Å². The molecule has 22 heavy (non-hydrogen) atoms. The molecule has 19 heteroatoms. The Balaban J connectivity index is 0.000000734. The molecule has 1 aromatic heterocycles. The molecule has 0 radical (unpaired) electrons. The van der Waals surface area contributed by atoms with Crippen LogP contribution in [0.4, 0.5) is 0 Å². The van der Waals surface area contributed by atoms with Crippen molar-refractivity contribution in [2.24, 2.45) is 0 Å². The van der Waals surface area contributed by atoms with Gasteiger partial charge in [0.05, 0.1) is 6.33 Å². The second kappa shape index (κ2) is 8.04. The zero-order valence-corrected chi connectivity index (χ0v) is 13.6. The molecule has 15 nitrogen and oxygen atoms in total. The number of aromatic amines is 1. The number of nitrogens with zero attached hydrogens (tertiary/aromatic N) is 1. The quantitative estimate of drug-likeness (QED) is 0.303. The van der Waals surface area contributed by atoms with Crippen molar-refractivity contribution >= 4 is 31.3 Å². The van der Waals surface area contributed by atoms with E-state index in [0.717, 1.165) is 0 Å². The largest absolute Gasteiger partial charge is 0.490 e. The molecule has 2 unspecified atom stereocenters. The summed E-state index contributed by atoms with van der Waals surface area (Å²) >= 11 is 0. The molecular weight excluding hydrogens is 396 g/mol. The number of hydrogen-bond acceptors (Lipinski definition) is 8. The second-order valence-electron chi connectivity index (χ2n) is 2.92. The Hall–Kier alpha value is -0.230. The van der Waals surface area contributed by atoms with Gasteiger partial charge in [0.1, 0.15) is 0 Å². The van der Waals surface area contributed by atoms with Gasteiger partial charge in [0.25, 0.3) is 0 Å². The number of phosphoric acid groups is 4. The molecule has 2 atom stereocenters. The lowest BCUT2D eigenvalue weighted by atomic mass is 11.0. The maximum atomic E-state index is 10.7. The van der Waals surface area contributed by atoms with Crippen LogP contribution in [0.3, 0.4) is 0 Å². The Morgan fingerprint density at radius 3 is 1.36 bits per heavy atom. The highest BCUT2D eigenvalue weighted by molar-refractivity contribution is 7.69. The number of nitrogens with one attached hydrogen (secondary N) is 1. The van der Waals surface area contributed by atoms with E-state index in [1.54, 1.807) is 18.7 Å². The molecule has 0 fully saturated rings.